The van der Waals surface area contributed by atoms with Crippen LogP contribution in [-0.2, 0) is 5.79 Å². The molecule has 18 heavy (non-hydrogen) atoms. The number of carbonyl (C=O) groups is 1. The fourth-order valence-electron chi connectivity index (χ4n) is 1.78. The number of aliphatic hydroxyl groups is 2. The largest absolute Gasteiger partial charge is 0.358 e. The van der Waals surface area contributed by atoms with E-state index in [-0.39, 0.29) is 16.7 Å². The SMILES string of the molecule is O=C(Cl)c1ccccc1C(O)(O)c1ccccc1. The van der Waals surface area contributed by atoms with Crippen molar-refractivity contribution in [2.75, 3.05) is 0 Å². The second-order valence-electron chi connectivity index (χ2n) is 3.86. The van der Waals surface area contributed by atoms with Gasteiger partial charge in [-0.1, -0.05) is 48.5 Å². The van der Waals surface area contributed by atoms with Crippen LogP contribution in [-0.4, -0.2) is 15.5 Å². The summed E-state index contributed by atoms with van der Waals surface area (Å²) in [4.78, 5) is 11.3. The van der Waals surface area contributed by atoms with E-state index in [2.05, 4.69) is 0 Å². The van der Waals surface area contributed by atoms with E-state index in [1.807, 2.05) is 0 Å². The Balaban J connectivity index is 2.58. The number of rotatable bonds is 3. The molecule has 0 spiro atoms. The number of hydrogen-bond donors (Lipinski definition) is 2. The summed E-state index contributed by atoms with van der Waals surface area (Å²) in [7, 11) is 0. The molecule has 2 aromatic rings. The highest BCUT2D eigenvalue weighted by Crippen LogP contribution is 2.29. The molecular weight excluding hydrogens is 252 g/mol. The third-order valence-corrected chi connectivity index (χ3v) is 2.89. The zero-order chi connectivity index (χ0) is 13.2. The van der Waals surface area contributed by atoms with Crippen LogP contribution in [0.1, 0.15) is 21.5 Å². The lowest BCUT2D eigenvalue weighted by molar-refractivity contribution is -0.132. The quantitative estimate of drug-likeness (QED) is 0.659. The van der Waals surface area contributed by atoms with Crippen LogP contribution in [0.3, 0.4) is 0 Å². The second-order valence-corrected chi connectivity index (χ2v) is 4.20. The molecule has 0 saturated carbocycles. The van der Waals surface area contributed by atoms with E-state index in [0.29, 0.717) is 0 Å². The molecule has 0 aliphatic carbocycles. The molecule has 0 aliphatic rings. The maximum atomic E-state index is 11.3. The molecule has 0 bridgehead atoms. The van der Waals surface area contributed by atoms with E-state index in [1.54, 1.807) is 42.5 Å². The molecule has 0 heterocycles. The molecule has 0 fully saturated rings. The van der Waals surface area contributed by atoms with E-state index in [9.17, 15) is 15.0 Å². The summed E-state index contributed by atoms with van der Waals surface area (Å²) < 4.78 is 0. The minimum absolute atomic E-state index is 0.0659. The van der Waals surface area contributed by atoms with Gasteiger partial charge in [0.2, 0.25) is 5.79 Å². The van der Waals surface area contributed by atoms with Crippen molar-refractivity contribution in [2.45, 2.75) is 5.79 Å². The van der Waals surface area contributed by atoms with Crippen LogP contribution in [0, 0.1) is 0 Å². The van der Waals surface area contributed by atoms with E-state index < -0.39 is 11.0 Å². The highest BCUT2D eigenvalue weighted by molar-refractivity contribution is 6.67. The summed E-state index contributed by atoms with van der Waals surface area (Å²) >= 11 is 5.44. The highest BCUT2D eigenvalue weighted by Gasteiger charge is 2.31. The van der Waals surface area contributed by atoms with Gasteiger partial charge in [-0.3, -0.25) is 4.79 Å². The minimum Gasteiger partial charge on any atom is -0.358 e. The van der Waals surface area contributed by atoms with Crippen LogP contribution in [0.2, 0.25) is 0 Å². The average Bonchev–Trinajstić information content (AvgIpc) is 2.39. The molecular formula is C14H11ClO3. The smallest absolute Gasteiger partial charge is 0.252 e. The van der Waals surface area contributed by atoms with Crippen LogP contribution >= 0.6 is 11.6 Å². The Labute approximate surface area is 109 Å². The molecule has 0 atom stereocenters. The van der Waals surface area contributed by atoms with Crippen molar-refractivity contribution in [3.8, 4) is 0 Å². The van der Waals surface area contributed by atoms with Gasteiger partial charge < -0.3 is 10.2 Å². The van der Waals surface area contributed by atoms with Gasteiger partial charge in [-0.25, -0.2) is 0 Å². The van der Waals surface area contributed by atoms with Gasteiger partial charge in [-0.2, -0.15) is 0 Å². The molecule has 92 valence electrons. The summed E-state index contributed by atoms with van der Waals surface area (Å²) in [5, 5.41) is 19.7. The first-order valence-corrected chi connectivity index (χ1v) is 5.71. The molecule has 0 saturated heterocycles. The first kappa shape index (κ1) is 12.8. The van der Waals surface area contributed by atoms with Crippen molar-refractivity contribution >= 4 is 16.8 Å². The lowest BCUT2D eigenvalue weighted by Crippen LogP contribution is -2.28. The zero-order valence-electron chi connectivity index (χ0n) is 9.38. The van der Waals surface area contributed by atoms with Crippen molar-refractivity contribution in [1.29, 1.82) is 0 Å². The molecule has 0 aromatic heterocycles. The summed E-state index contributed by atoms with van der Waals surface area (Å²) in [5.41, 5.74) is 0.416. The van der Waals surface area contributed by atoms with Crippen LogP contribution in [0.15, 0.2) is 54.6 Å². The van der Waals surface area contributed by atoms with Crippen molar-refractivity contribution in [3.05, 3.63) is 71.3 Å². The maximum Gasteiger partial charge on any atom is 0.252 e. The number of hydrogen-bond acceptors (Lipinski definition) is 3. The third-order valence-electron chi connectivity index (χ3n) is 2.69. The summed E-state index contributed by atoms with van der Waals surface area (Å²) in [5.74, 6) is -2.25. The van der Waals surface area contributed by atoms with Crippen LogP contribution in [0.4, 0.5) is 0 Å². The van der Waals surface area contributed by atoms with Gasteiger partial charge in [0.15, 0.2) is 0 Å². The Morgan fingerprint density at radius 3 is 2.11 bits per heavy atom. The summed E-state index contributed by atoms with van der Waals surface area (Å²) in [6, 6.07) is 14.4. The maximum absolute atomic E-state index is 11.3. The topological polar surface area (TPSA) is 57.5 Å². The van der Waals surface area contributed by atoms with Crippen molar-refractivity contribution in [3.63, 3.8) is 0 Å². The number of benzene rings is 2. The Bertz CT molecular complexity index is 564. The lowest BCUT2D eigenvalue weighted by Gasteiger charge is -2.24. The van der Waals surface area contributed by atoms with E-state index in [0.717, 1.165) is 0 Å². The molecule has 3 nitrogen and oxygen atoms in total. The van der Waals surface area contributed by atoms with Gasteiger partial charge in [-0.15, -0.1) is 0 Å². The van der Waals surface area contributed by atoms with Gasteiger partial charge in [-0.05, 0) is 17.7 Å². The fourth-order valence-corrected chi connectivity index (χ4v) is 1.95. The monoisotopic (exact) mass is 262 g/mol. The van der Waals surface area contributed by atoms with Gasteiger partial charge in [0.25, 0.3) is 5.24 Å². The normalized spacial score (nSPS) is 11.3. The van der Waals surface area contributed by atoms with E-state index >= 15 is 0 Å². The number of carbonyl (C=O) groups excluding carboxylic acids is 1. The summed E-state index contributed by atoms with van der Waals surface area (Å²) in [6.45, 7) is 0. The van der Waals surface area contributed by atoms with Crippen LogP contribution < -0.4 is 0 Å². The molecule has 4 heteroatoms. The average molecular weight is 263 g/mol. The van der Waals surface area contributed by atoms with Gasteiger partial charge in [0.05, 0.1) is 0 Å². The highest BCUT2D eigenvalue weighted by atomic mass is 35.5. The Morgan fingerprint density at radius 1 is 0.944 bits per heavy atom. The predicted octanol–water partition coefficient (Wildman–Crippen LogP) is 2.25. The van der Waals surface area contributed by atoms with Gasteiger partial charge in [0, 0.05) is 16.7 Å². The Hall–Kier alpha value is -1.68. The van der Waals surface area contributed by atoms with Crippen molar-refractivity contribution < 1.29 is 15.0 Å². The molecule has 2 rings (SSSR count). The molecule has 0 radical (unpaired) electrons. The molecule has 2 aromatic carbocycles. The summed E-state index contributed by atoms with van der Waals surface area (Å²) in [6.07, 6.45) is 0. The molecule has 0 aliphatic heterocycles. The van der Waals surface area contributed by atoms with Gasteiger partial charge in [0.1, 0.15) is 0 Å². The standard InChI is InChI=1S/C14H11ClO3/c15-13(16)11-8-4-5-9-12(11)14(17,18)10-6-2-1-3-7-10/h1-9,17-18H. The molecule has 0 unspecified atom stereocenters. The second kappa shape index (κ2) is 4.90. The Morgan fingerprint density at radius 2 is 1.50 bits per heavy atom. The van der Waals surface area contributed by atoms with Crippen LogP contribution in [0.5, 0.6) is 0 Å². The van der Waals surface area contributed by atoms with E-state index in [4.69, 9.17) is 11.6 Å². The first-order valence-electron chi connectivity index (χ1n) is 5.33. The predicted molar refractivity (Wildman–Crippen MR) is 68.3 cm³/mol. The lowest BCUT2D eigenvalue weighted by atomic mass is 9.94. The minimum atomic E-state index is -2.25. The first-order chi connectivity index (χ1) is 8.53. The Kier molecular flexibility index (Phi) is 3.48. The number of halogens is 1. The van der Waals surface area contributed by atoms with Crippen LogP contribution in [0.25, 0.3) is 0 Å². The van der Waals surface area contributed by atoms with Crippen molar-refractivity contribution in [1.82, 2.24) is 0 Å². The fraction of sp³-hybridized carbons (Fsp3) is 0.0714. The third kappa shape index (κ3) is 2.29. The van der Waals surface area contributed by atoms with Gasteiger partial charge >= 0.3 is 0 Å². The molecule has 0 amide bonds. The van der Waals surface area contributed by atoms with Crippen molar-refractivity contribution in [2.24, 2.45) is 0 Å². The zero-order valence-corrected chi connectivity index (χ0v) is 10.1. The molecule has 2 N–H and O–H groups in total. The van der Waals surface area contributed by atoms with E-state index in [1.165, 1.54) is 12.1 Å².